The molecule has 0 spiro atoms. The van der Waals surface area contributed by atoms with E-state index in [-0.39, 0.29) is 11.5 Å². The molecule has 2 fully saturated rings. The molecule has 2 aromatic heterocycles. The Labute approximate surface area is 223 Å². The Morgan fingerprint density at radius 2 is 1.89 bits per heavy atom. The SMILES string of the molecule is COc1ccc(CCN2C(=O)/C(=C/c3c(N4CCOCC4)nc4ccccn4c3=O)SC2=S)cc1OC. The molecular formula is C26H26N4O5S2. The van der Waals surface area contributed by atoms with Gasteiger partial charge in [-0.25, -0.2) is 4.98 Å². The van der Waals surface area contributed by atoms with Gasteiger partial charge < -0.3 is 19.1 Å². The highest BCUT2D eigenvalue weighted by Gasteiger charge is 2.33. The number of hydrogen-bond acceptors (Lipinski definition) is 9. The number of thiocarbonyl (C=S) groups is 1. The van der Waals surface area contributed by atoms with Crippen LogP contribution in [0.3, 0.4) is 0 Å². The van der Waals surface area contributed by atoms with E-state index in [1.54, 1.807) is 43.5 Å². The van der Waals surface area contributed by atoms with Gasteiger partial charge in [0, 0.05) is 25.8 Å². The minimum absolute atomic E-state index is 0.221. The van der Waals surface area contributed by atoms with Crippen LogP contribution in [0.15, 0.2) is 52.3 Å². The van der Waals surface area contributed by atoms with Gasteiger partial charge in [0.15, 0.2) is 11.5 Å². The molecule has 11 heteroatoms. The second-order valence-electron chi connectivity index (χ2n) is 8.46. The third-order valence-corrected chi connectivity index (χ3v) is 7.66. The number of morpholine rings is 1. The van der Waals surface area contributed by atoms with Gasteiger partial charge in [0.1, 0.15) is 15.8 Å². The lowest BCUT2D eigenvalue weighted by Crippen LogP contribution is -2.38. The number of carbonyl (C=O) groups is 1. The quantitative estimate of drug-likeness (QED) is 0.333. The number of fused-ring (bicyclic) bond motifs is 1. The summed E-state index contributed by atoms with van der Waals surface area (Å²) >= 11 is 6.74. The maximum absolute atomic E-state index is 13.5. The van der Waals surface area contributed by atoms with Gasteiger partial charge in [-0.05, 0) is 42.3 Å². The van der Waals surface area contributed by atoms with E-state index < -0.39 is 0 Å². The van der Waals surface area contributed by atoms with Crippen LogP contribution < -0.4 is 19.9 Å². The molecule has 2 aliphatic heterocycles. The summed E-state index contributed by atoms with van der Waals surface area (Å²) in [5, 5.41) is 0. The average molecular weight is 539 g/mol. The average Bonchev–Trinajstić information content (AvgIpc) is 3.20. The van der Waals surface area contributed by atoms with Crippen molar-refractivity contribution in [1.29, 1.82) is 0 Å². The second-order valence-corrected chi connectivity index (χ2v) is 10.1. The largest absolute Gasteiger partial charge is 0.493 e. The summed E-state index contributed by atoms with van der Waals surface area (Å²) < 4.78 is 18.1. The minimum atomic E-state index is -0.234. The summed E-state index contributed by atoms with van der Waals surface area (Å²) in [4.78, 5) is 35.7. The molecule has 0 radical (unpaired) electrons. The third kappa shape index (κ3) is 5.07. The van der Waals surface area contributed by atoms with Gasteiger partial charge in [0.25, 0.3) is 11.5 Å². The molecular weight excluding hydrogens is 512 g/mol. The molecule has 4 heterocycles. The normalized spacial score (nSPS) is 17.2. The maximum Gasteiger partial charge on any atom is 0.267 e. The highest BCUT2D eigenvalue weighted by molar-refractivity contribution is 8.26. The van der Waals surface area contributed by atoms with Crippen LogP contribution in [0.25, 0.3) is 11.7 Å². The van der Waals surface area contributed by atoms with Crippen LogP contribution in [0.2, 0.25) is 0 Å². The summed E-state index contributed by atoms with van der Waals surface area (Å²) in [6.45, 7) is 2.73. The lowest BCUT2D eigenvalue weighted by Gasteiger charge is -2.29. The van der Waals surface area contributed by atoms with Crippen LogP contribution in [0.4, 0.5) is 5.82 Å². The highest BCUT2D eigenvalue weighted by Crippen LogP contribution is 2.34. The lowest BCUT2D eigenvalue weighted by atomic mass is 10.1. The fourth-order valence-electron chi connectivity index (χ4n) is 4.33. The van der Waals surface area contributed by atoms with Gasteiger partial charge in [-0.15, -0.1) is 0 Å². The molecule has 5 rings (SSSR count). The van der Waals surface area contributed by atoms with Crippen molar-refractivity contribution >= 4 is 51.7 Å². The Bertz CT molecular complexity index is 1450. The first-order valence-corrected chi connectivity index (χ1v) is 13.0. The Hall–Kier alpha value is -3.41. The van der Waals surface area contributed by atoms with E-state index >= 15 is 0 Å². The summed E-state index contributed by atoms with van der Waals surface area (Å²) in [6.07, 6.45) is 3.90. The fourth-order valence-corrected chi connectivity index (χ4v) is 5.62. The number of carbonyl (C=O) groups excluding carboxylic acids is 1. The van der Waals surface area contributed by atoms with Crippen LogP contribution in [0.5, 0.6) is 11.5 Å². The molecule has 0 unspecified atom stereocenters. The van der Waals surface area contributed by atoms with Crippen LogP contribution in [0.1, 0.15) is 11.1 Å². The molecule has 0 atom stereocenters. The molecule has 9 nitrogen and oxygen atoms in total. The van der Waals surface area contributed by atoms with Gasteiger partial charge in [-0.3, -0.25) is 18.9 Å². The number of ether oxygens (including phenoxy) is 3. The molecule has 0 saturated carbocycles. The van der Waals surface area contributed by atoms with E-state index in [1.165, 1.54) is 16.2 Å². The number of pyridine rings is 1. The topological polar surface area (TPSA) is 85.6 Å². The Morgan fingerprint density at radius 3 is 2.65 bits per heavy atom. The van der Waals surface area contributed by atoms with E-state index in [2.05, 4.69) is 0 Å². The Morgan fingerprint density at radius 1 is 1.11 bits per heavy atom. The number of hydrogen-bond donors (Lipinski definition) is 0. The van der Waals surface area contributed by atoms with Crippen molar-refractivity contribution in [1.82, 2.24) is 14.3 Å². The summed E-state index contributed by atoms with van der Waals surface area (Å²) in [5.74, 6) is 1.60. The van der Waals surface area contributed by atoms with Gasteiger partial charge in [-0.2, -0.15) is 0 Å². The summed E-state index contributed by atoms with van der Waals surface area (Å²) in [6, 6.07) is 11.1. The predicted molar refractivity (Wildman–Crippen MR) is 148 cm³/mol. The number of aromatic nitrogens is 2. The van der Waals surface area contributed by atoms with E-state index in [0.29, 0.717) is 77.0 Å². The number of thioether (sulfide) groups is 1. The van der Waals surface area contributed by atoms with Gasteiger partial charge in [0.05, 0.1) is 37.9 Å². The van der Waals surface area contributed by atoms with E-state index in [1.807, 2.05) is 29.2 Å². The molecule has 3 aromatic rings. The van der Waals surface area contributed by atoms with Gasteiger partial charge in [-0.1, -0.05) is 36.1 Å². The number of amides is 1. The van der Waals surface area contributed by atoms with Crippen LogP contribution >= 0.6 is 24.0 Å². The monoisotopic (exact) mass is 538 g/mol. The predicted octanol–water partition coefficient (Wildman–Crippen LogP) is 2.99. The maximum atomic E-state index is 13.5. The lowest BCUT2D eigenvalue weighted by molar-refractivity contribution is -0.122. The van der Waals surface area contributed by atoms with Crippen LogP contribution in [0, 0.1) is 0 Å². The zero-order chi connectivity index (χ0) is 25.9. The first-order valence-electron chi connectivity index (χ1n) is 11.8. The van der Waals surface area contributed by atoms with E-state index in [9.17, 15) is 9.59 Å². The highest BCUT2D eigenvalue weighted by atomic mass is 32.2. The molecule has 37 heavy (non-hydrogen) atoms. The standard InChI is InChI=1S/C26H26N4O5S2/c1-33-19-7-6-17(15-20(19)34-2)8-10-30-25(32)21(37-26(30)36)16-18-23(28-11-13-35-14-12-28)27-22-5-3-4-9-29(22)24(18)31/h3-7,9,15-16H,8,10-14H2,1-2H3/b21-16-. The first-order chi connectivity index (χ1) is 18.0. The Kier molecular flexibility index (Phi) is 7.45. The zero-order valence-electron chi connectivity index (χ0n) is 20.5. The van der Waals surface area contributed by atoms with Crippen molar-refractivity contribution in [3.8, 4) is 11.5 Å². The van der Waals surface area contributed by atoms with E-state index in [0.717, 1.165) is 5.56 Å². The molecule has 192 valence electrons. The number of rotatable bonds is 7. The van der Waals surface area contributed by atoms with Gasteiger partial charge in [0.2, 0.25) is 0 Å². The van der Waals surface area contributed by atoms with Crippen LogP contribution in [-0.2, 0) is 16.0 Å². The molecule has 0 aliphatic carbocycles. The van der Waals surface area contributed by atoms with Crippen molar-refractivity contribution in [2.24, 2.45) is 0 Å². The Balaban J connectivity index is 1.44. The number of nitrogens with zero attached hydrogens (tertiary/aromatic N) is 4. The summed E-state index contributed by atoms with van der Waals surface area (Å²) in [7, 11) is 3.18. The minimum Gasteiger partial charge on any atom is -0.493 e. The molecule has 0 N–H and O–H groups in total. The number of methoxy groups -OCH3 is 2. The number of anilines is 1. The van der Waals surface area contributed by atoms with Crippen molar-refractivity contribution in [3.63, 3.8) is 0 Å². The smallest absolute Gasteiger partial charge is 0.267 e. The molecule has 1 amide bonds. The molecule has 0 bridgehead atoms. The second kappa shape index (κ2) is 10.9. The van der Waals surface area contributed by atoms with Crippen LogP contribution in [-0.4, -0.2) is 71.6 Å². The third-order valence-electron chi connectivity index (χ3n) is 6.28. The van der Waals surface area contributed by atoms with Gasteiger partial charge >= 0.3 is 0 Å². The molecule has 2 saturated heterocycles. The van der Waals surface area contributed by atoms with E-state index in [4.69, 9.17) is 31.4 Å². The zero-order valence-corrected chi connectivity index (χ0v) is 22.1. The number of benzene rings is 1. The molecule has 2 aliphatic rings. The summed E-state index contributed by atoms with van der Waals surface area (Å²) in [5.41, 5.74) is 1.67. The van der Waals surface area contributed by atoms with Crippen molar-refractivity contribution < 1.29 is 19.0 Å². The van der Waals surface area contributed by atoms with Crippen molar-refractivity contribution in [2.45, 2.75) is 6.42 Å². The fraction of sp³-hybridized carbons (Fsp3) is 0.308. The van der Waals surface area contributed by atoms with Crippen molar-refractivity contribution in [3.05, 3.63) is 69.0 Å². The van der Waals surface area contributed by atoms with Crippen molar-refractivity contribution in [2.75, 3.05) is 52.0 Å². The first kappa shape index (κ1) is 25.2. The molecule has 1 aromatic carbocycles.